The maximum Gasteiger partial charge on any atom is 0.104 e. The molecule has 0 saturated carbocycles. The van der Waals surface area contributed by atoms with Crippen LogP contribution in [0.15, 0.2) is 35.5 Å². The van der Waals surface area contributed by atoms with E-state index >= 15 is 0 Å². The van der Waals surface area contributed by atoms with Gasteiger partial charge in [-0.3, -0.25) is 4.90 Å². The predicted molar refractivity (Wildman–Crippen MR) is 74.3 cm³/mol. The lowest BCUT2D eigenvalue weighted by Gasteiger charge is -2.28. The molecule has 2 rings (SSSR count). The minimum absolute atomic E-state index is 0.255. The van der Waals surface area contributed by atoms with Crippen LogP contribution in [0.1, 0.15) is 38.2 Å². The van der Waals surface area contributed by atoms with Gasteiger partial charge in [0.2, 0.25) is 0 Å². The van der Waals surface area contributed by atoms with E-state index in [9.17, 15) is 5.21 Å². The molecule has 1 fully saturated rings. The summed E-state index contributed by atoms with van der Waals surface area (Å²) in [5, 5.41) is 13.0. The van der Waals surface area contributed by atoms with E-state index in [0.717, 1.165) is 37.2 Å². The Kier molecular flexibility index (Phi) is 4.76. The minimum Gasteiger partial charge on any atom is -0.411 e. The van der Waals surface area contributed by atoms with Crippen molar-refractivity contribution >= 4 is 5.71 Å². The lowest BCUT2D eigenvalue weighted by Crippen LogP contribution is -2.39. The molecule has 0 aromatic heterocycles. The molecule has 3 heteroatoms. The molecule has 0 aliphatic carbocycles. The fourth-order valence-corrected chi connectivity index (χ4v) is 2.74. The third-order valence-corrected chi connectivity index (χ3v) is 3.64. The van der Waals surface area contributed by atoms with Crippen LogP contribution in [-0.4, -0.2) is 35.0 Å². The van der Waals surface area contributed by atoms with E-state index in [1.165, 1.54) is 12.8 Å². The second-order valence-corrected chi connectivity index (χ2v) is 4.90. The molecule has 0 spiro atoms. The topological polar surface area (TPSA) is 35.8 Å². The van der Waals surface area contributed by atoms with Crippen molar-refractivity contribution in [3.05, 3.63) is 35.9 Å². The third kappa shape index (κ3) is 2.91. The second-order valence-electron chi connectivity index (χ2n) is 4.90. The third-order valence-electron chi connectivity index (χ3n) is 3.64. The van der Waals surface area contributed by atoms with Crippen molar-refractivity contribution in [3.8, 4) is 0 Å². The number of rotatable bonds is 5. The van der Waals surface area contributed by atoms with Gasteiger partial charge in [0.1, 0.15) is 5.71 Å². The van der Waals surface area contributed by atoms with E-state index in [1.807, 2.05) is 30.3 Å². The molecule has 1 N–H and O–H groups in total. The zero-order valence-corrected chi connectivity index (χ0v) is 11.0. The molecule has 0 radical (unpaired) electrons. The van der Waals surface area contributed by atoms with E-state index in [0.29, 0.717) is 0 Å². The van der Waals surface area contributed by atoms with E-state index in [-0.39, 0.29) is 6.04 Å². The highest BCUT2D eigenvalue weighted by atomic mass is 16.4. The van der Waals surface area contributed by atoms with Crippen LogP contribution in [0.3, 0.4) is 0 Å². The molecule has 1 atom stereocenters. The summed E-state index contributed by atoms with van der Waals surface area (Å²) in [6.45, 7) is 4.43. The zero-order chi connectivity index (χ0) is 12.8. The molecule has 0 bridgehead atoms. The van der Waals surface area contributed by atoms with Crippen molar-refractivity contribution in [3.63, 3.8) is 0 Å². The van der Waals surface area contributed by atoms with E-state index in [4.69, 9.17) is 0 Å². The number of oxime groups is 1. The first-order valence-corrected chi connectivity index (χ1v) is 6.88. The highest BCUT2D eigenvalue weighted by Crippen LogP contribution is 2.20. The summed E-state index contributed by atoms with van der Waals surface area (Å²) in [5.41, 5.74) is 1.85. The Morgan fingerprint density at radius 1 is 1.28 bits per heavy atom. The van der Waals surface area contributed by atoms with Crippen LogP contribution in [0.25, 0.3) is 0 Å². The Labute approximate surface area is 109 Å². The highest BCUT2D eigenvalue weighted by molar-refractivity contribution is 6.04. The summed E-state index contributed by atoms with van der Waals surface area (Å²) in [5.74, 6) is 0. The molecule has 0 amide bonds. The molecule has 1 aliphatic rings. The fraction of sp³-hybridized carbons (Fsp3) is 0.533. The highest BCUT2D eigenvalue weighted by Gasteiger charge is 2.26. The van der Waals surface area contributed by atoms with Gasteiger partial charge in [-0.25, -0.2) is 0 Å². The first-order valence-electron chi connectivity index (χ1n) is 6.88. The van der Waals surface area contributed by atoms with Crippen molar-refractivity contribution in [1.82, 2.24) is 4.90 Å². The molecule has 1 unspecified atom stereocenters. The summed E-state index contributed by atoms with van der Waals surface area (Å²) < 4.78 is 0. The van der Waals surface area contributed by atoms with Crippen LogP contribution in [0, 0.1) is 0 Å². The Hall–Kier alpha value is -1.35. The van der Waals surface area contributed by atoms with Gasteiger partial charge in [0.25, 0.3) is 0 Å². The molecule has 1 heterocycles. The molecule has 3 nitrogen and oxygen atoms in total. The van der Waals surface area contributed by atoms with Crippen LogP contribution in [0.2, 0.25) is 0 Å². The van der Waals surface area contributed by atoms with E-state index in [1.54, 1.807) is 0 Å². The number of benzene rings is 1. The van der Waals surface area contributed by atoms with Crippen LogP contribution in [0.5, 0.6) is 0 Å². The van der Waals surface area contributed by atoms with Crippen molar-refractivity contribution < 1.29 is 5.21 Å². The lowest BCUT2D eigenvalue weighted by atomic mass is 9.98. The molecule has 98 valence electrons. The van der Waals surface area contributed by atoms with Gasteiger partial charge in [0.05, 0.1) is 6.04 Å². The van der Waals surface area contributed by atoms with Crippen molar-refractivity contribution in [2.45, 2.75) is 38.6 Å². The summed E-state index contributed by atoms with van der Waals surface area (Å²) in [7, 11) is 0. The van der Waals surface area contributed by atoms with Crippen LogP contribution < -0.4 is 0 Å². The van der Waals surface area contributed by atoms with Gasteiger partial charge in [-0.1, -0.05) is 48.8 Å². The first kappa shape index (κ1) is 13.1. The number of nitrogens with zero attached hydrogens (tertiary/aromatic N) is 2. The van der Waals surface area contributed by atoms with Crippen LogP contribution >= 0.6 is 0 Å². The van der Waals surface area contributed by atoms with Crippen molar-refractivity contribution in [1.29, 1.82) is 0 Å². The molecular weight excluding hydrogens is 224 g/mol. The summed E-state index contributed by atoms with van der Waals surface area (Å²) in [4.78, 5) is 2.45. The number of hydrogen-bond donors (Lipinski definition) is 1. The van der Waals surface area contributed by atoms with Crippen molar-refractivity contribution in [2.75, 3.05) is 13.1 Å². The number of hydrogen-bond acceptors (Lipinski definition) is 3. The Bertz CT molecular complexity index is 383. The Morgan fingerprint density at radius 2 is 1.94 bits per heavy atom. The van der Waals surface area contributed by atoms with Gasteiger partial charge < -0.3 is 5.21 Å². The lowest BCUT2D eigenvalue weighted by molar-refractivity contribution is 0.269. The largest absolute Gasteiger partial charge is 0.411 e. The monoisotopic (exact) mass is 246 g/mol. The maximum absolute atomic E-state index is 9.40. The minimum atomic E-state index is 0.255. The van der Waals surface area contributed by atoms with Gasteiger partial charge >= 0.3 is 0 Å². The average molecular weight is 246 g/mol. The van der Waals surface area contributed by atoms with Gasteiger partial charge in [0, 0.05) is 5.56 Å². The smallest absolute Gasteiger partial charge is 0.104 e. The van der Waals surface area contributed by atoms with Crippen molar-refractivity contribution in [2.24, 2.45) is 5.16 Å². The second kappa shape index (κ2) is 6.55. The van der Waals surface area contributed by atoms with Gasteiger partial charge in [-0.2, -0.15) is 0 Å². The van der Waals surface area contributed by atoms with Gasteiger partial charge in [0.15, 0.2) is 0 Å². The molecule has 1 aromatic carbocycles. The summed E-state index contributed by atoms with van der Waals surface area (Å²) in [6, 6.07) is 10.3. The van der Waals surface area contributed by atoms with Gasteiger partial charge in [-0.15, -0.1) is 0 Å². The van der Waals surface area contributed by atoms with E-state index < -0.39 is 0 Å². The van der Waals surface area contributed by atoms with Gasteiger partial charge in [-0.05, 0) is 32.4 Å². The molecule has 1 aromatic rings. The zero-order valence-electron chi connectivity index (χ0n) is 11.0. The maximum atomic E-state index is 9.40. The fourth-order valence-electron chi connectivity index (χ4n) is 2.74. The normalized spacial score (nSPS) is 19.1. The Morgan fingerprint density at radius 3 is 2.50 bits per heavy atom. The van der Waals surface area contributed by atoms with Crippen LogP contribution in [0.4, 0.5) is 0 Å². The van der Waals surface area contributed by atoms with E-state index in [2.05, 4.69) is 17.0 Å². The molecule has 1 saturated heterocycles. The van der Waals surface area contributed by atoms with Crippen LogP contribution in [-0.2, 0) is 0 Å². The first-order chi connectivity index (χ1) is 8.86. The molecule has 18 heavy (non-hydrogen) atoms. The molecule has 1 aliphatic heterocycles. The average Bonchev–Trinajstić information content (AvgIpc) is 2.93. The predicted octanol–water partition coefficient (Wildman–Crippen LogP) is 3.13. The number of likely N-dealkylation sites (tertiary alicyclic amines) is 1. The molecular formula is C15H22N2O. The quantitative estimate of drug-likeness (QED) is 0.492. The Balaban J connectivity index is 2.22. The summed E-state index contributed by atoms with van der Waals surface area (Å²) in [6.07, 6.45) is 4.67. The SMILES string of the molecule is CCCC(C(=NO)c1ccccc1)N1CCCC1. The summed E-state index contributed by atoms with van der Waals surface area (Å²) >= 11 is 0. The standard InChI is InChI=1S/C15H22N2O/c1-2-8-14(17-11-6-7-12-17)15(16-18)13-9-4-3-5-10-13/h3-5,9-10,14,18H,2,6-8,11-12H2,1H3.